The summed E-state index contributed by atoms with van der Waals surface area (Å²) in [5, 5.41) is 2.43. The van der Waals surface area contributed by atoms with Crippen molar-refractivity contribution < 1.29 is 12.8 Å². The van der Waals surface area contributed by atoms with E-state index in [1.807, 2.05) is 36.4 Å². The van der Waals surface area contributed by atoms with Gasteiger partial charge in [0.05, 0.1) is 4.90 Å². The van der Waals surface area contributed by atoms with E-state index >= 15 is 0 Å². The summed E-state index contributed by atoms with van der Waals surface area (Å²) < 4.78 is 34.6. The smallest absolute Gasteiger partial charge is 0.336 e. The molecule has 0 aliphatic carbocycles. The van der Waals surface area contributed by atoms with E-state index in [1.54, 1.807) is 12.1 Å². The Labute approximate surface area is 177 Å². The van der Waals surface area contributed by atoms with Crippen LogP contribution in [-0.2, 0) is 16.6 Å². The van der Waals surface area contributed by atoms with Crippen molar-refractivity contribution in [1.82, 2.24) is 4.72 Å². The Kier molecular flexibility index (Phi) is 5.13. The van der Waals surface area contributed by atoms with Gasteiger partial charge in [-0.15, -0.1) is 0 Å². The van der Waals surface area contributed by atoms with Crippen molar-refractivity contribution in [2.24, 2.45) is 0 Å². The molecule has 4 aromatic rings. The lowest BCUT2D eigenvalue weighted by atomic mass is 10.0. The number of nitrogens with one attached hydrogen (secondary N) is 1. The highest BCUT2D eigenvalue weighted by Gasteiger charge is 2.19. The number of halogens is 2. The molecule has 0 atom stereocenters. The number of sulfonamides is 1. The van der Waals surface area contributed by atoms with E-state index in [0.29, 0.717) is 25.5 Å². The molecule has 0 saturated heterocycles. The maximum absolute atomic E-state index is 12.7. The van der Waals surface area contributed by atoms with Crippen molar-refractivity contribution in [2.45, 2.75) is 11.4 Å². The van der Waals surface area contributed by atoms with Crippen molar-refractivity contribution in [1.29, 1.82) is 0 Å². The lowest BCUT2D eigenvalue weighted by Gasteiger charge is -2.11. The Hall–Kier alpha value is -2.00. The zero-order valence-corrected chi connectivity index (χ0v) is 18.3. The van der Waals surface area contributed by atoms with Crippen LogP contribution < -0.4 is 10.3 Å². The Morgan fingerprint density at radius 1 is 0.929 bits per heavy atom. The lowest BCUT2D eigenvalue weighted by Crippen LogP contribution is -2.24. The van der Waals surface area contributed by atoms with Gasteiger partial charge in [0.1, 0.15) is 5.58 Å². The van der Waals surface area contributed by atoms with E-state index in [9.17, 15) is 13.2 Å². The predicted molar refractivity (Wildman–Crippen MR) is 116 cm³/mol. The van der Waals surface area contributed by atoms with Crippen LogP contribution in [0.5, 0.6) is 0 Å². The van der Waals surface area contributed by atoms with E-state index in [4.69, 9.17) is 4.42 Å². The maximum Gasteiger partial charge on any atom is 0.336 e. The first kappa shape index (κ1) is 19.3. The molecule has 0 aliphatic rings. The second kappa shape index (κ2) is 7.44. The molecule has 1 aromatic heterocycles. The van der Waals surface area contributed by atoms with Gasteiger partial charge in [0, 0.05) is 32.3 Å². The third kappa shape index (κ3) is 3.65. The zero-order valence-electron chi connectivity index (χ0n) is 14.3. The SMILES string of the molecule is O=c1cc(CNS(=O)(=O)c2cc(Br)ccc2Br)c2ccc3ccccc3c2o1. The quantitative estimate of drug-likeness (QED) is 0.304. The van der Waals surface area contributed by atoms with E-state index in [1.165, 1.54) is 12.1 Å². The van der Waals surface area contributed by atoms with Crippen LogP contribution >= 0.6 is 31.9 Å². The largest absolute Gasteiger partial charge is 0.422 e. The molecule has 0 aliphatic heterocycles. The van der Waals surface area contributed by atoms with Gasteiger partial charge in [-0.3, -0.25) is 0 Å². The van der Waals surface area contributed by atoms with Gasteiger partial charge in [-0.05, 0) is 45.1 Å². The highest BCUT2D eigenvalue weighted by atomic mass is 79.9. The average Bonchev–Trinajstić information content (AvgIpc) is 2.67. The number of benzene rings is 3. The van der Waals surface area contributed by atoms with Crippen molar-refractivity contribution in [2.75, 3.05) is 0 Å². The van der Waals surface area contributed by atoms with Crippen LogP contribution in [0.25, 0.3) is 21.7 Å². The van der Waals surface area contributed by atoms with Gasteiger partial charge in [0.2, 0.25) is 10.0 Å². The molecule has 0 bridgehead atoms. The molecular weight excluding hydrogens is 510 g/mol. The molecule has 1 heterocycles. The molecule has 142 valence electrons. The normalized spacial score (nSPS) is 11.9. The molecule has 5 nitrogen and oxygen atoms in total. The van der Waals surface area contributed by atoms with E-state index in [-0.39, 0.29) is 11.4 Å². The van der Waals surface area contributed by atoms with Crippen LogP contribution in [0, 0.1) is 0 Å². The molecule has 0 radical (unpaired) electrons. The standard InChI is InChI=1S/C20H13Br2NO4S/c21-14-6-8-17(22)18(10-14)28(25,26)23-11-13-9-19(24)27-20-15-4-2-1-3-12(15)5-7-16(13)20/h1-10,23H,11H2. The first-order chi connectivity index (χ1) is 13.3. The Balaban J connectivity index is 1.77. The molecular formula is C20H13Br2NO4S. The lowest BCUT2D eigenvalue weighted by molar-refractivity contribution is 0.559. The average molecular weight is 523 g/mol. The van der Waals surface area contributed by atoms with Gasteiger partial charge in [-0.2, -0.15) is 0 Å². The minimum Gasteiger partial charge on any atom is -0.422 e. The van der Waals surface area contributed by atoms with Crippen molar-refractivity contribution in [3.8, 4) is 0 Å². The van der Waals surface area contributed by atoms with E-state index in [2.05, 4.69) is 36.6 Å². The molecule has 0 spiro atoms. The molecule has 28 heavy (non-hydrogen) atoms. The topological polar surface area (TPSA) is 76.4 Å². The molecule has 0 unspecified atom stereocenters. The van der Waals surface area contributed by atoms with E-state index < -0.39 is 15.6 Å². The summed E-state index contributed by atoms with van der Waals surface area (Å²) >= 11 is 6.55. The Bertz CT molecular complexity index is 1380. The minimum atomic E-state index is -3.80. The third-order valence-electron chi connectivity index (χ3n) is 4.36. The maximum atomic E-state index is 12.7. The van der Waals surface area contributed by atoms with Crippen LogP contribution in [0.1, 0.15) is 5.56 Å². The van der Waals surface area contributed by atoms with Gasteiger partial charge in [-0.1, -0.05) is 52.3 Å². The third-order valence-corrected chi connectivity index (χ3v) is 7.24. The summed E-state index contributed by atoms with van der Waals surface area (Å²) in [4.78, 5) is 12.2. The molecule has 8 heteroatoms. The highest BCUT2D eigenvalue weighted by Crippen LogP contribution is 2.28. The molecule has 0 saturated carbocycles. The summed E-state index contributed by atoms with van der Waals surface area (Å²) in [5.41, 5.74) is 0.469. The van der Waals surface area contributed by atoms with Crippen LogP contribution in [0.4, 0.5) is 0 Å². The summed E-state index contributed by atoms with van der Waals surface area (Å²) in [6.45, 7) is -0.0400. The molecule has 3 aromatic carbocycles. The van der Waals surface area contributed by atoms with Crippen molar-refractivity contribution in [3.05, 3.63) is 85.6 Å². The van der Waals surface area contributed by atoms with Crippen LogP contribution in [0.15, 0.2) is 83.7 Å². The highest BCUT2D eigenvalue weighted by molar-refractivity contribution is 9.11. The van der Waals surface area contributed by atoms with Crippen molar-refractivity contribution >= 4 is 63.6 Å². The van der Waals surface area contributed by atoms with Crippen LogP contribution in [0.2, 0.25) is 0 Å². The Morgan fingerprint density at radius 2 is 1.71 bits per heavy atom. The van der Waals surface area contributed by atoms with Gasteiger partial charge < -0.3 is 4.42 Å². The summed E-state index contributed by atoms with van der Waals surface area (Å²) in [6, 6.07) is 17.5. The molecule has 1 N–H and O–H groups in total. The summed E-state index contributed by atoms with van der Waals surface area (Å²) in [6.07, 6.45) is 0. The minimum absolute atomic E-state index is 0.0400. The van der Waals surface area contributed by atoms with Gasteiger partial charge in [0.15, 0.2) is 0 Å². The summed E-state index contributed by atoms with van der Waals surface area (Å²) in [7, 11) is -3.80. The predicted octanol–water partition coefficient (Wildman–Crippen LogP) is 4.95. The fourth-order valence-electron chi connectivity index (χ4n) is 3.04. The molecule has 0 amide bonds. The van der Waals surface area contributed by atoms with Gasteiger partial charge >= 0.3 is 5.63 Å². The fraction of sp³-hybridized carbons (Fsp3) is 0.0500. The first-order valence-electron chi connectivity index (χ1n) is 8.24. The number of hydrogen-bond donors (Lipinski definition) is 1. The first-order valence-corrected chi connectivity index (χ1v) is 11.3. The number of rotatable bonds is 4. The van der Waals surface area contributed by atoms with Crippen molar-refractivity contribution in [3.63, 3.8) is 0 Å². The zero-order chi connectivity index (χ0) is 19.9. The van der Waals surface area contributed by atoms with Crippen LogP contribution in [-0.4, -0.2) is 8.42 Å². The van der Waals surface area contributed by atoms with E-state index in [0.717, 1.165) is 10.8 Å². The van der Waals surface area contributed by atoms with Gasteiger partial charge in [0.25, 0.3) is 0 Å². The van der Waals surface area contributed by atoms with Gasteiger partial charge in [-0.25, -0.2) is 17.9 Å². The second-order valence-electron chi connectivity index (χ2n) is 6.15. The Morgan fingerprint density at radius 3 is 2.54 bits per heavy atom. The molecule has 0 fully saturated rings. The number of fused-ring (bicyclic) bond motifs is 3. The number of hydrogen-bond acceptors (Lipinski definition) is 4. The fourth-order valence-corrected chi connectivity index (χ4v) is 5.54. The second-order valence-corrected chi connectivity index (χ2v) is 9.66. The monoisotopic (exact) mass is 521 g/mol. The summed E-state index contributed by atoms with van der Waals surface area (Å²) in [5.74, 6) is 0. The molecule has 4 rings (SSSR count). The van der Waals surface area contributed by atoms with Crippen LogP contribution in [0.3, 0.4) is 0 Å².